The highest BCUT2D eigenvalue weighted by Gasteiger charge is 2.34. The number of sulfone groups is 1. The van der Waals surface area contributed by atoms with Crippen molar-refractivity contribution in [1.82, 2.24) is 19.7 Å². The van der Waals surface area contributed by atoms with Crippen molar-refractivity contribution in [3.8, 4) is 5.75 Å². The SMILES string of the molecule is CCCCCCCCCCOc1ccc(S(=O)(=O)c2cnc3ccc([Si](C)O)cc3c2N2CCC(N3CCC(N4CCN(C)CC4)CC3)CC2)cc1. The Morgan fingerprint density at radius 1 is 0.788 bits per heavy atom. The van der Waals surface area contributed by atoms with E-state index in [9.17, 15) is 13.2 Å². The first-order valence-electron chi connectivity index (χ1n) is 20.1. The molecule has 11 heteroatoms. The molecular formula is C41H62N5O4SSi. The number of benzene rings is 2. The van der Waals surface area contributed by atoms with Gasteiger partial charge in [0.15, 0.2) is 0 Å². The number of hydrogen-bond donors (Lipinski definition) is 1. The molecule has 285 valence electrons. The lowest BCUT2D eigenvalue weighted by molar-refractivity contribution is 0.0495. The summed E-state index contributed by atoms with van der Waals surface area (Å²) in [4.78, 5) is 25.8. The van der Waals surface area contributed by atoms with Gasteiger partial charge < -0.3 is 24.2 Å². The molecule has 0 saturated carbocycles. The van der Waals surface area contributed by atoms with E-state index < -0.39 is 18.9 Å². The van der Waals surface area contributed by atoms with Gasteiger partial charge in [-0.3, -0.25) is 9.88 Å². The lowest BCUT2D eigenvalue weighted by Gasteiger charge is -2.46. The molecular weight excluding hydrogens is 687 g/mol. The van der Waals surface area contributed by atoms with Gasteiger partial charge in [0.1, 0.15) is 10.6 Å². The molecule has 3 aliphatic rings. The number of unbranched alkanes of at least 4 members (excludes halogenated alkanes) is 7. The largest absolute Gasteiger partial charge is 0.494 e. The van der Waals surface area contributed by atoms with E-state index >= 15 is 0 Å². The molecule has 0 atom stereocenters. The highest BCUT2D eigenvalue weighted by Crippen LogP contribution is 2.38. The molecule has 6 rings (SSSR count). The molecule has 0 unspecified atom stereocenters. The molecule has 4 heterocycles. The molecule has 3 fully saturated rings. The fraction of sp³-hybridized carbons (Fsp3) is 0.634. The molecule has 3 saturated heterocycles. The number of anilines is 1. The molecule has 0 amide bonds. The van der Waals surface area contributed by atoms with E-state index in [0.29, 0.717) is 24.4 Å². The highest BCUT2D eigenvalue weighted by molar-refractivity contribution is 7.91. The smallest absolute Gasteiger partial charge is 0.239 e. The molecule has 3 aromatic rings. The summed E-state index contributed by atoms with van der Waals surface area (Å²) in [7, 11) is -3.40. The van der Waals surface area contributed by atoms with Gasteiger partial charge in [0.2, 0.25) is 18.9 Å². The zero-order valence-corrected chi connectivity index (χ0v) is 33.8. The minimum atomic E-state index is -3.89. The van der Waals surface area contributed by atoms with Crippen molar-refractivity contribution in [1.29, 1.82) is 0 Å². The Hall–Kier alpha value is -2.54. The molecule has 0 bridgehead atoms. The molecule has 2 aromatic carbocycles. The molecule has 0 spiro atoms. The molecule has 0 aliphatic carbocycles. The predicted octanol–water partition coefficient (Wildman–Crippen LogP) is 6.09. The predicted molar refractivity (Wildman–Crippen MR) is 214 cm³/mol. The van der Waals surface area contributed by atoms with Crippen LogP contribution in [0.4, 0.5) is 5.69 Å². The minimum absolute atomic E-state index is 0.235. The van der Waals surface area contributed by atoms with Gasteiger partial charge in [-0.05, 0) is 100 Å². The van der Waals surface area contributed by atoms with E-state index in [0.717, 1.165) is 73.6 Å². The summed E-state index contributed by atoms with van der Waals surface area (Å²) < 4.78 is 34.8. The standard InChI is InChI=1S/C41H62N5O4SSi/c1-4-5-6-7-8-9-10-11-30-50-35-12-14-36(15-13-35)51(47,48)40-32-42-39-17-16-37(52(3)49)31-38(39)41(40)46-24-20-33(21-25-46)44-22-18-34(19-23-44)45-28-26-43(2)27-29-45/h12-17,31-34,49H,4-11,18-30H2,1-3H3. The molecule has 9 nitrogen and oxygen atoms in total. The molecule has 1 N–H and O–H groups in total. The first kappa shape index (κ1) is 39.2. The Morgan fingerprint density at radius 2 is 1.38 bits per heavy atom. The van der Waals surface area contributed by atoms with Crippen LogP contribution in [0.1, 0.15) is 84.0 Å². The number of pyridine rings is 1. The van der Waals surface area contributed by atoms with Crippen LogP contribution in [0.5, 0.6) is 5.75 Å². The fourth-order valence-electron chi connectivity index (χ4n) is 8.43. The van der Waals surface area contributed by atoms with Crippen LogP contribution < -0.4 is 14.8 Å². The van der Waals surface area contributed by atoms with Crippen LogP contribution in [-0.2, 0) is 9.84 Å². The average molecular weight is 749 g/mol. The monoisotopic (exact) mass is 748 g/mol. The van der Waals surface area contributed by atoms with E-state index in [-0.39, 0.29) is 9.79 Å². The average Bonchev–Trinajstić information content (AvgIpc) is 3.17. The van der Waals surface area contributed by atoms with E-state index in [4.69, 9.17) is 4.74 Å². The number of hydrogen-bond acceptors (Lipinski definition) is 9. The van der Waals surface area contributed by atoms with Crippen LogP contribution in [0.15, 0.2) is 58.5 Å². The first-order chi connectivity index (χ1) is 25.2. The number of piperidine rings is 2. The quantitative estimate of drug-likeness (QED) is 0.138. The van der Waals surface area contributed by atoms with Gasteiger partial charge in [-0.1, -0.05) is 57.9 Å². The normalized spacial score (nSPS) is 19.2. The van der Waals surface area contributed by atoms with Crippen LogP contribution >= 0.6 is 0 Å². The molecule has 52 heavy (non-hydrogen) atoms. The Bertz CT molecular complexity index is 1670. The van der Waals surface area contributed by atoms with Gasteiger partial charge in [-0.25, -0.2) is 8.42 Å². The molecule has 3 aliphatic heterocycles. The second-order valence-electron chi connectivity index (χ2n) is 15.4. The van der Waals surface area contributed by atoms with Gasteiger partial charge in [0, 0.05) is 62.9 Å². The van der Waals surface area contributed by atoms with Crippen molar-refractivity contribution in [3.05, 3.63) is 48.7 Å². The Kier molecular flexibility index (Phi) is 14.1. The lowest BCUT2D eigenvalue weighted by atomic mass is 9.96. The lowest BCUT2D eigenvalue weighted by Crippen LogP contribution is -2.54. The third-order valence-electron chi connectivity index (χ3n) is 11.8. The number of likely N-dealkylation sites (N-methyl/N-ethyl adjacent to an activating group) is 1. The summed E-state index contributed by atoms with van der Waals surface area (Å²) >= 11 is 0. The maximum absolute atomic E-state index is 14.4. The first-order valence-corrected chi connectivity index (χ1v) is 23.5. The summed E-state index contributed by atoms with van der Waals surface area (Å²) in [6.45, 7) is 13.3. The number of nitrogens with zero attached hydrogens (tertiary/aromatic N) is 5. The van der Waals surface area contributed by atoms with Crippen LogP contribution in [-0.4, -0.2) is 120 Å². The third kappa shape index (κ3) is 9.76. The molecule has 1 aromatic heterocycles. The number of fused-ring (bicyclic) bond motifs is 1. The van der Waals surface area contributed by atoms with Gasteiger partial charge in [0.25, 0.3) is 0 Å². The molecule has 1 radical (unpaired) electrons. The zero-order valence-electron chi connectivity index (χ0n) is 31.9. The van der Waals surface area contributed by atoms with Crippen molar-refractivity contribution in [2.45, 2.75) is 112 Å². The van der Waals surface area contributed by atoms with Crippen molar-refractivity contribution in [2.24, 2.45) is 0 Å². The Labute approximate surface area is 315 Å². The van der Waals surface area contributed by atoms with Gasteiger partial charge in [-0.15, -0.1) is 0 Å². The van der Waals surface area contributed by atoms with E-state index in [1.807, 2.05) is 24.7 Å². The number of piperazine rings is 1. The summed E-state index contributed by atoms with van der Waals surface area (Å²) in [6, 6.07) is 13.9. The minimum Gasteiger partial charge on any atom is -0.494 e. The topological polar surface area (TPSA) is 89.4 Å². The fourth-order valence-corrected chi connectivity index (χ4v) is 10.5. The van der Waals surface area contributed by atoms with Gasteiger partial charge >= 0.3 is 0 Å². The maximum atomic E-state index is 14.4. The summed E-state index contributed by atoms with van der Waals surface area (Å²) in [6.07, 6.45) is 15.9. The van der Waals surface area contributed by atoms with Crippen LogP contribution in [0.25, 0.3) is 10.9 Å². The number of likely N-dealkylation sites (tertiary alicyclic amines) is 1. The Morgan fingerprint density at radius 3 is 2.02 bits per heavy atom. The van der Waals surface area contributed by atoms with Crippen LogP contribution in [0.2, 0.25) is 6.55 Å². The van der Waals surface area contributed by atoms with Crippen LogP contribution in [0.3, 0.4) is 0 Å². The van der Waals surface area contributed by atoms with Crippen molar-refractivity contribution in [3.63, 3.8) is 0 Å². The van der Waals surface area contributed by atoms with Gasteiger partial charge in [-0.2, -0.15) is 0 Å². The van der Waals surface area contributed by atoms with Crippen molar-refractivity contribution in [2.75, 3.05) is 70.9 Å². The van der Waals surface area contributed by atoms with Gasteiger partial charge in [0.05, 0.1) is 22.7 Å². The van der Waals surface area contributed by atoms with Crippen molar-refractivity contribution >= 4 is 40.7 Å². The zero-order chi connectivity index (χ0) is 36.5. The van der Waals surface area contributed by atoms with Crippen LogP contribution in [0, 0.1) is 0 Å². The number of aromatic nitrogens is 1. The maximum Gasteiger partial charge on any atom is 0.239 e. The summed E-state index contributed by atoms with van der Waals surface area (Å²) in [5.41, 5.74) is 1.47. The summed E-state index contributed by atoms with van der Waals surface area (Å²) in [5.74, 6) is 0.693. The Balaban J connectivity index is 1.13. The second kappa shape index (κ2) is 18.7. The second-order valence-corrected chi connectivity index (χ2v) is 19.1. The third-order valence-corrected chi connectivity index (χ3v) is 14.7. The van der Waals surface area contributed by atoms with E-state index in [1.165, 1.54) is 77.5 Å². The number of rotatable bonds is 16. The van der Waals surface area contributed by atoms with E-state index in [2.05, 4.69) is 38.6 Å². The van der Waals surface area contributed by atoms with E-state index in [1.54, 1.807) is 30.5 Å². The van der Waals surface area contributed by atoms with Crippen molar-refractivity contribution < 1.29 is 18.0 Å². The summed E-state index contributed by atoms with van der Waals surface area (Å²) in [5, 5.41) is 1.65. The number of ether oxygens (including phenoxy) is 1. The highest BCUT2D eigenvalue weighted by atomic mass is 32.2.